The molecule has 18 heavy (non-hydrogen) atoms. The highest BCUT2D eigenvalue weighted by Crippen LogP contribution is 2.07. The van der Waals surface area contributed by atoms with E-state index in [9.17, 15) is 14.0 Å². The molecule has 1 aromatic rings. The molecular weight excluding hydrogens is 237 g/mol. The Hall–Kier alpha value is -1.91. The zero-order valence-corrected chi connectivity index (χ0v) is 10.3. The second kappa shape index (κ2) is 6.14. The van der Waals surface area contributed by atoms with Gasteiger partial charge in [-0.2, -0.15) is 0 Å². The van der Waals surface area contributed by atoms with Crippen LogP contribution in [0.1, 0.15) is 19.4 Å². The third-order valence-electron chi connectivity index (χ3n) is 2.49. The minimum Gasteiger partial charge on any atom is -0.480 e. The number of carbonyl (C=O) groups excluding carboxylic acids is 1. The van der Waals surface area contributed by atoms with Gasteiger partial charge in [0.25, 0.3) is 0 Å². The van der Waals surface area contributed by atoms with Gasteiger partial charge in [0.1, 0.15) is 11.9 Å². The molecule has 0 fully saturated rings. The largest absolute Gasteiger partial charge is 0.480 e. The smallest absolute Gasteiger partial charge is 0.326 e. The van der Waals surface area contributed by atoms with Gasteiger partial charge in [-0.15, -0.1) is 0 Å². The Morgan fingerprint density at radius 3 is 2.28 bits per heavy atom. The van der Waals surface area contributed by atoms with Gasteiger partial charge in [-0.1, -0.05) is 26.0 Å². The fraction of sp³-hybridized carbons (Fsp3) is 0.385. The summed E-state index contributed by atoms with van der Waals surface area (Å²) in [4.78, 5) is 22.5. The van der Waals surface area contributed by atoms with Gasteiger partial charge >= 0.3 is 5.97 Å². The van der Waals surface area contributed by atoms with Crippen LogP contribution in [0.3, 0.4) is 0 Å². The minimum absolute atomic E-state index is 0.133. The fourth-order valence-corrected chi connectivity index (χ4v) is 1.39. The summed E-state index contributed by atoms with van der Waals surface area (Å²) in [5.74, 6) is -2.07. The van der Waals surface area contributed by atoms with Crippen LogP contribution in [0.2, 0.25) is 0 Å². The van der Waals surface area contributed by atoms with Gasteiger partial charge in [-0.05, 0) is 17.7 Å². The summed E-state index contributed by atoms with van der Waals surface area (Å²) in [6, 6.07) is 4.54. The van der Waals surface area contributed by atoms with Gasteiger partial charge < -0.3 is 10.4 Å². The van der Waals surface area contributed by atoms with E-state index in [0.29, 0.717) is 5.56 Å². The number of hydrogen-bond donors (Lipinski definition) is 2. The maximum absolute atomic E-state index is 12.7. The molecule has 1 aromatic carbocycles. The van der Waals surface area contributed by atoms with Gasteiger partial charge in [0.2, 0.25) is 5.91 Å². The zero-order valence-electron chi connectivity index (χ0n) is 10.3. The molecule has 0 aliphatic carbocycles. The van der Waals surface area contributed by atoms with E-state index in [4.69, 9.17) is 5.11 Å². The van der Waals surface area contributed by atoms with Crippen molar-refractivity contribution < 1.29 is 19.1 Å². The molecule has 0 saturated carbocycles. The van der Waals surface area contributed by atoms with Crippen molar-refractivity contribution in [3.05, 3.63) is 35.6 Å². The number of benzene rings is 1. The second-order valence-corrected chi connectivity index (χ2v) is 4.38. The van der Waals surface area contributed by atoms with Crippen LogP contribution >= 0.6 is 0 Å². The van der Waals surface area contributed by atoms with Crippen molar-refractivity contribution in [3.8, 4) is 0 Å². The van der Waals surface area contributed by atoms with Crippen LogP contribution < -0.4 is 5.32 Å². The maximum Gasteiger partial charge on any atom is 0.326 e. The van der Waals surface area contributed by atoms with E-state index < -0.39 is 12.0 Å². The van der Waals surface area contributed by atoms with Gasteiger partial charge in [-0.3, -0.25) is 4.79 Å². The molecule has 5 heteroatoms. The van der Waals surface area contributed by atoms with Gasteiger partial charge in [0, 0.05) is 12.3 Å². The molecule has 0 bridgehead atoms. The first-order valence-corrected chi connectivity index (χ1v) is 5.67. The quantitative estimate of drug-likeness (QED) is 0.837. The third kappa shape index (κ3) is 4.16. The number of halogens is 1. The molecule has 0 aromatic heterocycles. The van der Waals surface area contributed by atoms with E-state index in [2.05, 4.69) is 5.32 Å². The summed E-state index contributed by atoms with van der Waals surface area (Å²) in [6.45, 7) is 3.37. The minimum atomic E-state index is -1.10. The van der Waals surface area contributed by atoms with Gasteiger partial charge in [0.15, 0.2) is 0 Å². The van der Waals surface area contributed by atoms with Crippen LogP contribution in [0.4, 0.5) is 4.39 Å². The summed E-state index contributed by atoms with van der Waals surface area (Å²) in [5.41, 5.74) is 0.660. The number of carbonyl (C=O) groups is 2. The lowest BCUT2D eigenvalue weighted by molar-refractivity contribution is -0.142. The molecule has 1 unspecified atom stereocenters. The van der Waals surface area contributed by atoms with E-state index in [0.717, 1.165) is 0 Å². The van der Waals surface area contributed by atoms with Crippen molar-refractivity contribution in [1.29, 1.82) is 0 Å². The predicted molar refractivity (Wildman–Crippen MR) is 64.5 cm³/mol. The molecule has 0 heterocycles. The highest BCUT2D eigenvalue weighted by Gasteiger charge is 2.21. The number of hydrogen-bond acceptors (Lipinski definition) is 2. The average Bonchev–Trinajstić information content (AvgIpc) is 2.30. The predicted octanol–water partition coefficient (Wildman–Crippen LogP) is 1.59. The Balaban J connectivity index is 2.72. The molecular formula is C13H16FNO3. The molecule has 1 rings (SSSR count). The Morgan fingerprint density at radius 1 is 1.28 bits per heavy atom. The Bertz CT molecular complexity index is 428. The number of carboxylic acid groups (broad SMARTS) is 1. The number of nitrogens with one attached hydrogen (secondary N) is 1. The molecule has 0 spiro atoms. The van der Waals surface area contributed by atoms with Crippen LogP contribution in [0.25, 0.3) is 0 Å². The lowest BCUT2D eigenvalue weighted by Gasteiger charge is -2.16. The molecule has 1 amide bonds. The van der Waals surface area contributed by atoms with Crippen molar-refractivity contribution in [3.63, 3.8) is 0 Å². The molecule has 2 N–H and O–H groups in total. The highest BCUT2D eigenvalue weighted by molar-refractivity contribution is 5.84. The Morgan fingerprint density at radius 2 is 1.83 bits per heavy atom. The topological polar surface area (TPSA) is 66.4 Å². The normalized spacial score (nSPS) is 12.2. The van der Waals surface area contributed by atoms with Crippen LogP contribution in [0.5, 0.6) is 0 Å². The molecule has 98 valence electrons. The maximum atomic E-state index is 12.7. The molecule has 4 nitrogen and oxygen atoms in total. The van der Waals surface area contributed by atoms with Crippen LogP contribution in [0, 0.1) is 11.7 Å². The Labute approximate surface area is 105 Å². The summed E-state index contributed by atoms with van der Waals surface area (Å²) in [7, 11) is 0. The van der Waals surface area contributed by atoms with Crippen molar-refractivity contribution in [2.75, 3.05) is 0 Å². The first kappa shape index (κ1) is 14.2. The summed E-state index contributed by atoms with van der Waals surface area (Å²) < 4.78 is 12.7. The Kier molecular flexibility index (Phi) is 4.83. The SMILES string of the molecule is CC(C)C(=O)NC(Cc1ccc(F)cc1)C(=O)O. The van der Waals surface area contributed by atoms with E-state index in [1.165, 1.54) is 24.3 Å². The summed E-state index contributed by atoms with van der Waals surface area (Å²) in [5, 5.41) is 11.5. The fourth-order valence-electron chi connectivity index (χ4n) is 1.39. The molecule has 0 saturated heterocycles. The monoisotopic (exact) mass is 253 g/mol. The third-order valence-corrected chi connectivity index (χ3v) is 2.49. The molecule has 0 radical (unpaired) electrons. The van der Waals surface area contributed by atoms with E-state index in [1.54, 1.807) is 13.8 Å². The van der Waals surface area contributed by atoms with Crippen molar-refractivity contribution in [2.45, 2.75) is 26.3 Å². The first-order valence-electron chi connectivity index (χ1n) is 5.67. The van der Waals surface area contributed by atoms with Crippen molar-refractivity contribution in [2.24, 2.45) is 5.92 Å². The van der Waals surface area contributed by atoms with Gasteiger partial charge in [0.05, 0.1) is 0 Å². The number of carboxylic acids is 1. The number of amides is 1. The van der Waals surface area contributed by atoms with Gasteiger partial charge in [-0.25, -0.2) is 9.18 Å². The molecule has 0 aliphatic heterocycles. The van der Waals surface area contributed by atoms with Crippen molar-refractivity contribution in [1.82, 2.24) is 5.32 Å². The zero-order chi connectivity index (χ0) is 13.7. The van der Waals surface area contributed by atoms with E-state index >= 15 is 0 Å². The molecule has 1 atom stereocenters. The first-order chi connectivity index (χ1) is 8.40. The number of rotatable bonds is 5. The van der Waals surface area contributed by atoms with Crippen molar-refractivity contribution >= 4 is 11.9 Å². The standard InChI is InChI=1S/C13H16FNO3/c1-8(2)12(16)15-11(13(17)18)7-9-3-5-10(14)6-4-9/h3-6,8,11H,7H2,1-2H3,(H,15,16)(H,17,18). The lowest BCUT2D eigenvalue weighted by atomic mass is 10.0. The lowest BCUT2D eigenvalue weighted by Crippen LogP contribution is -2.44. The van der Waals surface area contributed by atoms with E-state index in [-0.39, 0.29) is 24.1 Å². The van der Waals surface area contributed by atoms with Crippen LogP contribution in [-0.2, 0) is 16.0 Å². The summed E-state index contributed by atoms with van der Waals surface area (Å²) in [6.07, 6.45) is 0.133. The second-order valence-electron chi connectivity index (χ2n) is 4.38. The average molecular weight is 253 g/mol. The molecule has 0 aliphatic rings. The van der Waals surface area contributed by atoms with Crippen LogP contribution in [-0.4, -0.2) is 23.0 Å². The highest BCUT2D eigenvalue weighted by atomic mass is 19.1. The van der Waals surface area contributed by atoms with Crippen LogP contribution in [0.15, 0.2) is 24.3 Å². The summed E-state index contributed by atoms with van der Waals surface area (Å²) >= 11 is 0. The van der Waals surface area contributed by atoms with E-state index in [1.807, 2.05) is 0 Å². The number of aliphatic carboxylic acids is 1.